The summed E-state index contributed by atoms with van der Waals surface area (Å²) in [5, 5.41) is 8.82. The first-order valence-electron chi connectivity index (χ1n) is 5.43. The molecular formula is C11H13FN2O5S. The van der Waals surface area contributed by atoms with E-state index in [9.17, 15) is 22.4 Å². The Hall–Kier alpha value is -2.00. The maximum absolute atomic E-state index is 13.3. The van der Waals surface area contributed by atoms with Crippen LogP contribution in [0.15, 0.2) is 23.1 Å². The molecule has 0 aliphatic heterocycles. The van der Waals surface area contributed by atoms with Crippen LogP contribution in [0.3, 0.4) is 0 Å². The molecule has 20 heavy (non-hydrogen) atoms. The fourth-order valence-corrected chi connectivity index (χ4v) is 2.58. The Morgan fingerprint density at radius 2 is 2.05 bits per heavy atom. The van der Waals surface area contributed by atoms with E-state index in [1.807, 2.05) is 0 Å². The average molecular weight is 304 g/mol. The minimum Gasteiger partial charge on any atom is -0.480 e. The number of sulfonamides is 1. The van der Waals surface area contributed by atoms with Gasteiger partial charge in [-0.25, -0.2) is 12.8 Å². The van der Waals surface area contributed by atoms with Gasteiger partial charge in [-0.2, -0.15) is 4.72 Å². The lowest BCUT2D eigenvalue weighted by Crippen LogP contribution is -2.43. The summed E-state index contributed by atoms with van der Waals surface area (Å²) in [6.07, 6.45) is -0.705. The van der Waals surface area contributed by atoms with Crippen LogP contribution in [0.5, 0.6) is 0 Å². The van der Waals surface area contributed by atoms with Gasteiger partial charge in [-0.15, -0.1) is 0 Å². The van der Waals surface area contributed by atoms with Crippen LogP contribution in [-0.2, 0) is 19.6 Å². The number of aliphatic carboxylic acids is 1. The number of carboxylic acid groups (broad SMARTS) is 1. The van der Waals surface area contributed by atoms with Gasteiger partial charge in [0.25, 0.3) is 0 Å². The zero-order valence-electron chi connectivity index (χ0n) is 10.5. The van der Waals surface area contributed by atoms with Crippen LogP contribution in [0.1, 0.15) is 12.0 Å². The normalized spacial score (nSPS) is 12.9. The molecule has 110 valence electrons. The maximum Gasteiger partial charge on any atom is 0.322 e. The molecular weight excluding hydrogens is 291 g/mol. The first-order chi connectivity index (χ1) is 9.13. The number of carboxylic acids is 1. The molecule has 9 heteroatoms. The third-order valence-electron chi connectivity index (χ3n) is 2.45. The van der Waals surface area contributed by atoms with E-state index in [4.69, 9.17) is 10.8 Å². The largest absolute Gasteiger partial charge is 0.480 e. The number of aryl methyl sites for hydroxylation is 1. The lowest BCUT2D eigenvalue weighted by molar-refractivity contribution is -0.140. The minimum absolute atomic E-state index is 0.246. The summed E-state index contributed by atoms with van der Waals surface area (Å²) in [4.78, 5) is 21.1. The van der Waals surface area contributed by atoms with E-state index in [-0.39, 0.29) is 5.56 Å². The third kappa shape index (κ3) is 4.00. The van der Waals surface area contributed by atoms with E-state index in [1.54, 1.807) is 4.72 Å². The number of primary amides is 1. The Morgan fingerprint density at radius 1 is 1.45 bits per heavy atom. The van der Waals surface area contributed by atoms with Crippen molar-refractivity contribution in [3.8, 4) is 0 Å². The molecule has 0 aliphatic carbocycles. The molecule has 7 nitrogen and oxygen atoms in total. The second-order valence-corrected chi connectivity index (χ2v) is 5.81. The van der Waals surface area contributed by atoms with Crippen LogP contribution in [-0.4, -0.2) is 31.4 Å². The number of benzene rings is 1. The van der Waals surface area contributed by atoms with Crippen molar-refractivity contribution in [2.75, 3.05) is 0 Å². The Labute approximate surface area is 114 Å². The highest BCUT2D eigenvalue weighted by Crippen LogP contribution is 2.14. The summed E-state index contributed by atoms with van der Waals surface area (Å²) < 4.78 is 38.9. The predicted octanol–water partition coefficient (Wildman–Crippen LogP) is -0.259. The molecule has 1 rings (SSSR count). The van der Waals surface area contributed by atoms with Crippen molar-refractivity contribution in [1.82, 2.24) is 4.72 Å². The number of carbonyl (C=O) groups is 2. The van der Waals surface area contributed by atoms with Crippen LogP contribution in [0, 0.1) is 12.7 Å². The zero-order valence-corrected chi connectivity index (χ0v) is 11.3. The van der Waals surface area contributed by atoms with Gasteiger partial charge in [-0.1, -0.05) is 6.07 Å². The van der Waals surface area contributed by atoms with Crippen LogP contribution >= 0.6 is 0 Å². The van der Waals surface area contributed by atoms with Crippen molar-refractivity contribution in [3.05, 3.63) is 29.6 Å². The number of hydrogen-bond donors (Lipinski definition) is 3. The van der Waals surface area contributed by atoms with Crippen LogP contribution < -0.4 is 10.5 Å². The number of rotatable bonds is 6. The molecule has 4 N–H and O–H groups in total. The molecule has 0 radical (unpaired) electrons. The van der Waals surface area contributed by atoms with E-state index >= 15 is 0 Å². The summed E-state index contributed by atoms with van der Waals surface area (Å²) in [7, 11) is -4.27. The second-order valence-electron chi connectivity index (χ2n) is 4.09. The zero-order chi connectivity index (χ0) is 15.5. The highest BCUT2D eigenvalue weighted by molar-refractivity contribution is 7.89. The fourth-order valence-electron chi connectivity index (χ4n) is 1.38. The van der Waals surface area contributed by atoms with Crippen molar-refractivity contribution >= 4 is 21.9 Å². The number of halogens is 1. The molecule has 0 unspecified atom stereocenters. The molecule has 1 atom stereocenters. The molecule has 0 saturated carbocycles. The Bertz CT molecular complexity index is 644. The van der Waals surface area contributed by atoms with Gasteiger partial charge in [-0.3, -0.25) is 9.59 Å². The van der Waals surface area contributed by atoms with Gasteiger partial charge in [0.15, 0.2) is 0 Å². The van der Waals surface area contributed by atoms with Crippen LogP contribution in [0.2, 0.25) is 0 Å². The van der Waals surface area contributed by atoms with Crippen molar-refractivity contribution in [2.45, 2.75) is 24.3 Å². The summed E-state index contributed by atoms with van der Waals surface area (Å²) in [5.41, 5.74) is 5.08. The number of carbonyl (C=O) groups excluding carboxylic acids is 1. The lowest BCUT2D eigenvalue weighted by Gasteiger charge is -2.13. The highest BCUT2D eigenvalue weighted by Gasteiger charge is 2.27. The monoisotopic (exact) mass is 304 g/mol. The molecule has 0 aromatic heterocycles. The summed E-state index contributed by atoms with van der Waals surface area (Å²) >= 11 is 0. The Balaban J connectivity index is 3.06. The van der Waals surface area contributed by atoms with Gasteiger partial charge >= 0.3 is 5.97 Å². The van der Waals surface area contributed by atoms with E-state index < -0.39 is 45.1 Å². The highest BCUT2D eigenvalue weighted by atomic mass is 32.2. The van der Waals surface area contributed by atoms with Crippen molar-refractivity contribution in [1.29, 1.82) is 0 Å². The summed E-state index contributed by atoms with van der Waals surface area (Å²) in [6.45, 7) is 1.45. The van der Waals surface area contributed by atoms with Crippen molar-refractivity contribution in [3.63, 3.8) is 0 Å². The van der Waals surface area contributed by atoms with E-state index in [2.05, 4.69) is 0 Å². The average Bonchev–Trinajstić information content (AvgIpc) is 2.30. The molecule has 0 saturated heterocycles. The van der Waals surface area contributed by atoms with Crippen molar-refractivity contribution < 1.29 is 27.5 Å². The Morgan fingerprint density at radius 3 is 2.50 bits per heavy atom. The van der Waals surface area contributed by atoms with Crippen LogP contribution in [0.4, 0.5) is 4.39 Å². The number of nitrogens with two attached hydrogens (primary N) is 1. The smallest absolute Gasteiger partial charge is 0.322 e. The fraction of sp³-hybridized carbons (Fsp3) is 0.273. The first-order valence-corrected chi connectivity index (χ1v) is 6.91. The van der Waals surface area contributed by atoms with E-state index in [0.29, 0.717) is 0 Å². The lowest BCUT2D eigenvalue weighted by atomic mass is 10.2. The molecule has 0 aliphatic rings. The molecule has 0 heterocycles. The third-order valence-corrected chi connectivity index (χ3v) is 3.92. The number of hydrogen-bond acceptors (Lipinski definition) is 4. The minimum atomic E-state index is -4.27. The van der Waals surface area contributed by atoms with E-state index in [0.717, 1.165) is 12.1 Å². The van der Waals surface area contributed by atoms with E-state index in [1.165, 1.54) is 13.0 Å². The predicted molar refractivity (Wildman–Crippen MR) is 66.7 cm³/mol. The molecule has 0 bridgehead atoms. The van der Waals surface area contributed by atoms with Gasteiger partial charge in [0.05, 0.1) is 11.3 Å². The van der Waals surface area contributed by atoms with Gasteiger partial charge in [0, 0.05) is 0 Å². The van der Waals surface area contributed by atoms with Gasteiger partial charge in [0.1, 0.15) is 11.9 Å². The SMILES string of the molecule is Cc1ccc(S(=O)(=O)N[C@H](CC(N)=O)C(=O)O)cc1F. The first kappa shape index (κ1) is 16.1. The Kier molecular flexibility index (Phi) is 4.79. The quantitative estimate of drug-likeness (QED) is 0.667. The summed E-state index contributed by atoms with van der Waals surface area (Å²) in [5.74, 6) is -3.27. The second kappa shape index (κ2) is 5.97. The summed E-state index contributed by atoms with van der Waals surface area (Å²) in [6, 6.07) is 1.43. The molecule has 0 spiro atoms. The van der Waals surface area contributed by atoms with Gasteiger partial charge in [-0.05, 0) is 24.6 Å². The molecule has 1 aromatic carbocycles. The number of amides is 1. The van der Waals surface area contributed by atoms with Crippen molar-refractivity contribution in [2.24, 2.45) is 5.73 Å². The van der Waals surface area contributed by atoms with Crippen LogP contribution in [0.25, 0.3) is 0 Å². The van der Waals surface area contributed by atoms with Gasteiger partial charge < -0.3 is 10.8 Å². The molecule has 1 aromatic rings. The standard InChI is InChI=1S/C11H13FN2O5S/c1-6-2-3-7(4-8(6)12)20(18,19)14-9(11(16)17)5-10(13)15/h2-4,9,14H,5H2,1H3,(H2,13,15)(H,16,17)/t9-/m1/s1. The molecule has 1 amide bonds. The maximum atomic E-state index is 13.3. The topological polar surface area (TPSA) is 127 Å². The van der Waals surface area contributed by atoms with Gasteiger partial charge in [0.2, 0.25) is 15.9 Å². The number of nitrogens with one attached hydrogen (secondary N) is 1. The molecule has 0 fully saturated rings.